The average Bonchev–Trinajstić information content (AvgIpc) is 2.71. The molecule has 3 rings (SSSR count). The Bertz CT molecular complexity index is 736. The fourth-order valence-electron chi connectivity index (χ4n) is 1.84. The first-order valence-corrected chi connectivity index (χ1v) is 6.13. The van der Waals surface area contributed by atoms with Crippen molar-refractivity contribution in [3.8, 4) is 11.4 Å². The van der Waals surface area contributed by atoms with Crippen LogP contribution >= 0.6 is 15.9 Å². The first kappa shape index (κ1) is 11.2. The molecule has 3 aromatic rings. The molecule has 1 aromatic heterocycles. The Balaban J connectivity index is 2.19. The molecule has 0 fully saturated rings. The van der Waals surface area contributed by atoms with Crippen molar-refractivity contribution in [3.05, 3.63) is 46.7 Å². The van der Waals surface area contributed by atoms with Crippen LogP contribution < -0.4 is 5.73 Å². The van der Waals surface area contributed by atoms with E-state index >= 15 is 0 Å². The molecule has 0 saturated heterocycles. The summed E-state index contributed by atoms with van der Waals surface area (Å²) in [5, 5.41) is 0. The molecule has 18 heavy (non-hydrogen) atoms. The smallest absolute Gasteiger partial charge is 0.141 e. The van der Waals surface area contributed by atoms with Gasteiger partial charge < -0.3 is 10.7 Å². The van der Waals surface area contributed by atoms with E-state index in [0.29, 0.717) is 21.5 Å². The lowest BCUT2D eigenvalue weighted by atomic mass is 10.2. The summed E-state index contributed by atoms with van der Waals surface area (Å²) in [7, 11) is 0. The highest BCUT2D eigenvalue weighted by molar-refractivity contribution is 9.10. The molecule has 0 saturated carbocycles. The number of nitrogens with one attached hydrogen (secondary N) is 1. The van der Waals surface area contributed by atoms with Gasteiger partial charge in [0.25, 0.3) is 0 Å². The number of nitrogens with zero attached hydrogens (tertiary/aromatic N) is 1. The second kappa shape index (κ2) is 4.10. The molecule has 0 spiro atoms. The Labute approximate surface area is 111 Å². The maximum absolute atomic E-state index is 13.8. The fraction of sp³-hybridized carbons (Fsp3) is 0. The van der Waals surface area contributed by atoms with E-state index < -0.39 is 0 Å². The third-order valence-electron chi connectivity index (χ3n) is 2.69. The van der Waals surface area contributed by atoms with Gasteiger partial charge in [0.1, 0.15) is 11.6 Å². The third-order valence-corrected chi connectivity index (χ3v) is 3.19. The minimum absolute atomic E-state index is 0.323. The minimum atomic E-state index is -0.323. The number of aromatic amines is 1. The van der Waals surface area contributed by atoms with E-state index in [1.54, 1.807) is 30.3 Å². The SMILES string of the molecule is Nc1ccc2nc(-c3ccc(Br)cc3F)[nH]c2c1. The molecule has 0 radical (unpaired) electrons. The molecule has 0 aliphatic carbocycles. The Morgan fingerprint density at radius 3 is 2.78 bits per heavy atom. The predicted octanol–water partition coefficient (Wildman–Crippen LogP) is 3.71. The van der Waals surface area contributed by atoms with Crippen LogP contribution in [0.5, 0.6) is 0 Å². The summed E-state index contributed by atoms with van der Waals surface area (Å²) in [4.78, 5) is 7.41. The second-order valence-electron chi connectivity index (χ2n) is 3.99. The molecular weight excluding hydrogens is 297 g/mol. The van der Waals surface area contributed by atoms with Crippen molar-refractivity contribution in [1.82, 2.24) is 9.97 Å². The maximum Gasteiger partial charge on any atom is 0.141 e. The van der Waals surface area contributed by atoms with Crippen LogP contribution in [0.1, 0.15) is 0 Å². The van der Waals surface area contributed by atoms with Crippen LogP contribution in [0.15, 0.2) is 40.9 Å². The van der Waals surface area contributed by atoms with E-state index in [4.69, 9.17) is 5.73 Å². The van der Waals surface area contributed by atoms with Crippen molar-refractivity contribution >= 4 is 32.7 Å². The first-order chi connectivity index (χ1) is 8.63. The summed E-state index contributed by atoms with van der Waals surface area (Å²) in [5.74, 6) is 0.178. The van der Waals surface area contributed by atoms with Gasteiger partial charge in [-0.2, -0.15) is 0 Å². The molecule has 0 aliphatic heterocycles. The van der Waals surface area contributed by atoms with Crippen LogP contribution in [0, 0.1) is 5.82 Å². The largest absolute Gasteiger partial charge is 0.399 e. The molecule has 0 bridgehead atoms. The first-order valence-electron chi connectivity index (χ1n) is 5.34. The number of nitrogens with two attached hydrogens (primary N) is 1. The van der Waals surface area contributed by atoms with E-state index in [9.17, 15) is 4.39 Å². The van der Waals surface area contributed by atoms with Crippen molar-refractivity contribution in [1.29, 1.82) is 0 Å². The van der Waals surface area contributed by atoms with Gasteiger partial charge in [0, 0.05) is 10.2 Å². The molecule has 0 atom stereocenters. The lowest BCUT2D eigenvalue weighted by Gasteiger charge is -1.99. The molecule has 2 aromatic carbocycles. The lowest BCUT2D eigenvalue weighted by molar-refractivity contribution is 0.629. The summed E-state index contributed by atoms with van der Waals surface area (Å²) in [5.41, 5.74) is 8.34. The number of fused-ring (bicyclic) bond motifs is 1. The molecule has 3 nitrogen and oxygen atoms in total. The normalized spacial score (nSPS) is 11.0. The monoisotopic (exact) mass is 305 g/mol. The summed E-state index contributed by atoms with van der Waals surface area (Å²) in [6.07, 6.45) is 0. The van der Waals surface area contributed by atoms with E-state index in [2.05, 4.69) is 25.9 Å². The molecule has 0 amide bonds. The fourth-order valence-corrected chi connectivity index (χ4v) is 2.17. The Hall–Kier alpha value is -1.88. The lowest BCUT2D eigenvalue weighted by Crippen LogP contribution is -1.86. The van der Waals surface area contributed by atoms with E-state index in [0.717, 1.165) is 11.0 Å². The molecular formula is C13H9BrFN3. The van der Waals surface area contributed by atoms with Crippen LogP contribution in [0.4, 0.5) is 10.1 Å². The number of benzene rings is 2. The second-order valence-corrected chi connectivity index (χ2v) is 4.90. The zero-order chi connectivity index (χ0) is 12.7. The number of rotatable bonds is 1. The van der Waals surface area contributed by atoms with Crippen molar-refractivity contribution in [2.75, 3.05) is 5.73 Å². The van der Waals surface area contributed by atoms with Crippen molar-refractivity contribution < 1.29 is 4.39 Å². The van der Waals surface area contributed by atoms with Crippen molar-refractivity contribution in [3.63, 3.8) is 0 Å². The molecule has 0 aliphatic rings. The number of H-pyrrole nitrogens is 1. The van der Waals surface area contributed by atoms with Gasteiger partial charge in [-0.1, -0.05) is 15.9 Å². The number of aromatic nitrogens is 2. The molecule has 0 unspecified atom stereocenters. The molecule has 90 valence electrons. The van der Waals surface area contributed by atoms with Gasteiger partial charge in [0.05, 0.1) is 16.6 Å². The number of imidazole rings is 1. The number of hydrogen-bond acceptors (Lipinski definition) is 2. The van der Waals surface area contributed by atoms with Gasteiger partial charge >= 0.3 is 0 Å². The zero-order valence-electron chi connectivity index (χ0n) is 9.24. The minimum Gasteiger partial charge on any atom is -0.399 e. The quantitative estimate of drug-likeness (QED) is 0.673. The van der Waals surface area contributed by atoms with Gasteiger partial charge in [-0.05, 0) is 36.4 Å². The van der Waals surface area contributed by atoms with Gasteiger partial charge in [-0.3, -0.25) is 0 Å². The van der Waals surface area contributed by atoms with Crippen LogP contribution in [-0.4, -0.2) is 9.97 Å². The maximum atomic E-state index is 13.8. The van der Waals surface area contributed by atoms with Crippen LogP contribution in [0.25, 0.3) is 22.4 Å². The van der Waals surface area contributed by atoms with Crippen LogP contribution in [0.3, 0.4) is 0 Å². The number of anilines is 1. The van der Waals surface area contributed by atoms with Gasteiger partial charge in [-0.25, -0.2) is 9.37 Å². The Morgan fingerprint density at radius 2 is 2.00 bits per heavy atom. The summed E-state index contributed by atoms with van der Waals surface area (Å²) >= 11 is 3.23. The number of nitrogen functional groups attached to an aromatic ring is 1. The molecule has 5 heteroatoms. The number of hydrogen-bond donors (Lipinski definition) is 2. The Morgan fingerprint density at radius 1 is 1.17 bits per heavy atom. The molecule has 3 N–H and O–H groups in total. The predicted molar refractivity (Wildman–Crippen MR) is 73.6 cm³/mol. The highest BCUT2D eigenvalue weighted by atomic mass is 79.9. The highest BCUT2D eigenvalue weighted by Crippen LogP contribution is 2.26. The summed E-state index contributed by atoms with van der Waals surface area (Å²) < 4.78 is 14.5. The average molecular weight is 306 g/mol. The standard InChI is InChI=1S/C13H9BrFN3/c14-7-1-3-9(10(15)5-7)13-17-11-4-2-8(16)6-12(11)18-13/h1-6H,16H2,(H,17,18). The third kappa shape index (κ3) is 1.86. The zero-order valence-corrected chi connectivity index (χ0v) is 10.8. The van der Waals surface area contributed by atoms with E-state index in [1.165, 1.54) is 6.07 Å². The highest BCUT2D eigenvalue weighted by Gasteiger charge is 2.10. The Kier molecular flexibility index (Phi) is 2.56. The summed E-state index contributed by atoms with van der Waals surface area (Å²) in [6, 6.07) is 10.2. The van der Waals surface area contributed by atoms with Crippen LogP contribution in [0.2, 0.25) is 0 Å². The van der Waals surface area contributed by atoms with Crippen molar-refractivity contribution in [2.45, 2.75) is 0 Å². The van der Waals surface area contributed by atoms with Gasteiger partial charge in [0.2, 0.25) is 0 Å². The van der Waals surface area contributed by atoms with Crippen molar-refractivity contribution in [2.24, 2.45) is 0 Å². The van der Waals surface area contributed by atoms with Gasteiger partial charge in [-0.15, -0.1) is 0 Å². The topological polar surface area (TPSA) is 54.7 Å². The summed E-state index contributed by atoms with van der Waals surface area (Å²) in [6.45, 7) is 0. The van der Waals surface area contributed by atoms with Gasteiger partial charge in [0.15, 0.2) is 0 Å². The molecule has 1 heterocycles. The van der Waals surface area contributed by atoms with E-state index in [1.807, 2.05) is 0 Å². The number of halogens is 2. The van der Waals surface area contributed by atoms with Crippen LogP contribution in [-0.2, 0) is 0 Å². The van der Waals surface area contributed by atoms with E-state index in [-0.39, 0.29) is 5.82 Å².